The average molecular weight is 282 g/mol. The van der Waals surface area contributed by atoms with Crippen LogP contribution in [0.5, 0.6) is 5.75 Å². The lowest BCUT2D eigenvalue weighted by Crippen LogP contribution is -2.09. The Labute approximate surface area is 111 Å². The van der Waals surface area contributed by atoms with E-state index in [1.54, 1.807) is 12.1 Å². The first kappa shape index (κ1) is 13.5. The molecular formula is C12H14N2O4S. The number of nitrogens with zero attached hydrogens (tertiary/aromatic N) is 2. The van der Waals surface area contributed by atoms with Crippen LogP contribution in [0.1, 0.15) is 23.6 Å². The lowest BCUT2D eigenvalue weighted by atomic mass is 10.1. The predicted molar refractivity (Wildman–Crippen MR) is 69.4 cm³/mol. The van der Waals surface area contributed by atoms with Crippen LogP contribution in [0.4, 0.5) is 0 Å². The molecule has 1 aromatic carbocycles. The molecule has 0 saturated heterocycles. The van der Waals surface area contributed by atoms with Gasteiger partial charge in [0.2, 0.25) is 0 Å². The highest BCUT2D eigenvalue weighted by atomic mass is 32.2. The van der Waals surface area contributed by atoms with Crippen molar-refractivity contribution in [2.75, 3.05) is 6.26 Å². The molecule has 0 aliphatic heterocycles. The zero-order valence-electron chi connectivity index (χ0n) is 10.8. The van der Waals surface area contributed by atoms with Crippen LogP contribution in [0.3, 0.4) is 0 Å². The summed E-state index contributed by atoms with van der Waals surface area (Å²) < 4.78 is 27.9. The van der Waals surface area contributed by atoms with Crippen molar-refractivity contribution >= 4 is 9.84 Å². The number of hydrogen-bond acceptors (Lipinski definition) is 6. The van der Waals surface area contributed by atoms with Crippen LogP contribution in [-0.4, -0.2) is 29.9 Å². The lowest BCUT2D eigenvalue weighted by molar-refractivity contribution is 0.416. The van der Waals surface area contributed by atoms with E-state index in [0.717, 1.165) is 11.8 Å². The first-order valence-electron chi connectivity index (χ1n) is 5.61. The maximum atomic E-state index is 11.4. The standard InChI is InChI=1S/C12H14N2O4S/c1-7-4-5-10(15)9(6-7)12-13-11(14-18-12)8(2)19(3,16)17/h4-6,8,15H,1-3H3. The van der Waals surface area contributed by atoms with Gasteiger partial charge in [0, 0.05) is 6.26 Å². The number of aromatic nitrogens is 2. The van der Waals surface area contributed by atoms with Gasteiger partial charge in [-0.25, -0.2) is 8.42 Å². The van der Waals surface area contributed by atoms with Gasteiger partial charge in [0.25, 0.3) is 5.89 Å². The van der Waals surface area contributed by atoms with Gasteiger partial charge in [-0.1, -0.05) is 16.8 Å². The fourth-order valence-corrected chi connectivity index (χ4v) is 2.00. The Kier molecular flexibility index (Phi) is 3.32. The van der Waals surface area contributed by atoms with Crippen LogP contribution in [0.15, 0.2) is 22.7 Å². The van der Waals surface area contributed by atoms with E-state index in [9.17, 15) is 13.5 Å². The van der Waals surface area contributed by atoms with Gasteiger partial charge in [-0.3, -0.25) is 0 Å². The quantitative estimate of drug-likeness (QED) is 0.923. The summed E-state index contributed by atoms with van der Waals surface area (Å²) in [5.41, 5.74) is 1.31. The van der Waals surface area contributed by atoms with Crippen molar-refractivity contribution in [3.8, 4) is 17.2 Å². The Morgan fingerprint density at radius 1 is 1.37 bits per heavy atom. The smallest absolute Gasteiger partial charge is 0.261 e. The van der Waals surface area contributed by atoms with Crippen LogP contribution in [0.25, 0.3) is 11.5 Å². The van der Waals surface area contributed by atoms with Gasteiger partial charge >= 0.3 is 0 Å². The second kappa shape index (κ2) is 4.65. The third-order valence-electron chi connectivity index (χ3n) is 2.83. The van der Waals surface area contributed by atoms with Crippen LogP contribution in [0, 0.1) is 6.92 Å². The molecule has 1 heterocycles. The van der Waals surface area contributed by atoms with Crippen molar-refractivity contribution in [2.24, 2.45) is 0 Å². The van der Waals surface area contributed by atoms with Crippen molar-refractivity contribution in [1.29, 1.82) is 0 Å². The number of phenols is 1. The number of aryl methyl sites for hydroxylation is 1. The van der Waals surface area contributed by atoms with E-state index >= 15 is 0 Å². The van der Waals surface area contributed by atoms with Crippen LogP contribution < -0.4 is 0 Å². The second-order valence-electron chi connectivity index (χ2n) is 4.45. The summed E-state index contributed by atoms with van der Waals surface area (Å²) in [6.45, 7) is 3.35. The van der Waals surface area contributed by atoms with E-state index in [2.05, 4.69) is 10.1 Å². The first-order chi connectivity index (χ1) is 8.79. The van der Waals surface area contributed by atoms with Gasteiger partial charge < -0.3 is 9.63 Å². The van der Waals surface area contributed by atoms with Crippen molar-refractivity contribution in [3.63, 3.8) is 0 Å². The first-order valence-corrected chi connectivity index (χ1v) is 7.57. The predicted octanol–water partition coefficient (Wildman–Crippen LogP) is 1.86. The molecule has 1 aromatic heterocycles. The van der Waals surface area contributed by atoms with E-state index in [4.69, 9.17) is 4.52 Å². The highest BCUT2D eigenvalue weighted by molar-refractivity contribution is 7.90. The van der Waals surface area contributed by atoms with E-state index in [1.807, 2.05) is 6.92 Å². The summed E-state index contributed by atoms with van der Waals surface area (Å²) in [6.07, 6.45) is 1.11. The van der Waals surface area contributed by atoms with Crippen LogP contribution >= 0.6 is 0 Å². The molecule has 0 bridgehead atoms. The minimum atomic E-state index is -3.29. The monoisotopic (exact) mass is 282 g/mol. The molecule has 0 aliphatic rings. The topological polar surface area (TPSA) is 93.3 Å². The van der Waals surface area contributed by atoms with Crippen molar-refractivity contribution in [3.05, 3.63) is 29.6 Å². The highest BCUT2D eigenvalue weighted by Gasteiger charge is 2.24. The van der Waals surface area contributed by atoms with Crippen LogP contribution in [0.2, 0.25) is 0 Å². The van der Waals surface area contributed by atoms with Crippen LogP contribution in [-0.2, 0) is 9.84 Å². The largest absolute Gasteiger partial charge is 0.507 e. The van der Waals surface area contributed by atoms with Gasteiger partial charge in [0.15, 0.2) is 15.7 Å². The minimum Gasteiger partial charge on any atom is -0.507 e. The molecule has 0 amide bonds. The SMILES string of the molecule is Cc1ccc(O)c(-c2nc(C(C)S(C)(=O)=O)no2)c1. The molecule has 1 unspecified atom stereocenters. The third kappa shape index (κ3) is 2.76. The molecule has 0 radical (unpaired) electrons. The van der Waals surface area contributed by atoms with Crippen molar-refractivity contribution < 1.29 is 18.0 Å². The number of benzene rings is 1. The van der Waals surface area contributed by atoms with Gasteiger partial charge in [-0.05, 0) is 26.0 Å². The Hall–Kier alpha value is -1.89. The molecule has 0 spiro atoms. The number of hydrogen-bond donors (Lipinski definition) is 1. The van der Waals surface area contributed by atoms with Crippen molar-refractivity contribution in [1.82, 2.24) is 10.1 Å². The Morgan fingerprint density at radius 3 is 2.68 bits per heavy atom. The Morgan fingerprint density at radius 2 is 2.05 bits per heavy atom. The van der Waals surface area contributed by atoms with E-state index in [1.165, 1.54) is 13.0 Å². The molecule has 19 heavy (non-hydrogen) atoms. The molecule has 1 N–H and O–H groups in total. The summed E-state index contributed by atoms with van der Waals surface area (Å²) >= 11 is 0. The molecule has 0 aliphatic carbocycles. The Bertz CT molecular complexity index is 706. The zero-order valence-corrected chi connectivity index (χ0v) is 11.6. The molecule has 2 aromatic rings. The molecule has 2 rings (SSSR count). The molecule has 0 saturated carbocycles. The number of rotatable bonds is 3. The summed E-state index contributed by atoms with van der Waals surface area (Å²) in [7, 11) is -3.29. The fourth-order valence-electron chi connectivity index (χ4n) is 1.52. The fraction of sp³-hybridized carbons (Fsp3) is 0.333. The molecular weight excluding hydrogens is 268 g/mol. The molecule has 1 atom stereocenters. The third-order valence-corrected chi connectivity index (χ3v) is 4.33. The Balaban J connectivity index is 2.44. The zero-order chi connectivity index (χ0) is 14.2. The average Bonchev–Trinajstić information content (AvgIpc) is 2.79. The maximum absolute atomic E-state index is 11.4. The van der Waals surface area contributed by atoms with E-state index in [-0.39, 0.29) is 17.5 Å². The summed E-state index contributed by atoms with van der Waals surface area (Å²) in [5, 5.41) is 12.6. The highest BCUT2D eigenvalue weighted by Crippen LogP contribution is 2.30. The minimum absolute atomic E-state index is 0.00723. The van der Waals surface area contributed by atoms with Gasteiger partial charge in [-0.2, -0.15) is 4.98 Å². The van der Waals surface area contributed by atoms with E-state index < -0.39 is 15.1 Å². The second-order valence-corrected chi connectivity index (χ2v) is 6.82. The number of phenolic OH excluding ortho intramolecular Hbond substituents is 1. The lowest BCUT2D eigenvalue weighted by Gasteiger charge is -2.02. The van der Waals surface area contributed by atoms with Gasteiger partial charge in [0.05, 0.1) is 5.56 Å². The number of aromatic hydroxyl groups is 1. The summed E-state index contributed by atoms with van der Waals surface area (Å²) in [5.74, 6) is 0.193. The molecule has 7 heteroatoms. The van der Waals surface area contributed by atoms with Gasteiger partial charge in [-0.15, -0.1) is 0 Å². The molecule has 0 fully saturated rings. The summed E-state index contributed by atoms with van der Waals surface area (Å²) in [6, 6.07) is 4.96. The van der Waals surface area contributed by atoms with E-state index in [0.29, 0.717) is 5.56 Å². The molecule has 6 nitrogen and oxygen atoms in total. The van der Waals surface area contributed by atoms with Crippen molar-refractivity contribution in [2.45, 2.75) is 19.1 Å². The molecule has 102 valence electrons. The number of sulfone groups is 1. The summed E-state index contributed by atoms with van der Waals surface area (Å²) in [4.78, 5) is 4.03. The van der Waals surface area contributed by atoms with Gasteiger partial charge in [0.1, 0.15) is 11.0 Å². The maximum Gasteiger partial charge on any atom is 0.261 e. The normalized spacial score (nSPS) is 13.4.